The zero-order valence-electron chi connectivity index (χ0n) is 18.0. The van der Waals surface area contributed by atoms with Gasteiger partial charge in [0, 0.05) is 5.56 Å². The van der Waals surface area contributed by atoms with Crippen LogP contribution in [0.25, 0.3) is 11.5 Å². The Bertz CT molecular complexity index is 1010. The summed E-state index contributed by atoms with van der Waals surface area (Å²) in [4.78, 5) is 17.0. The molecular weight excluding hydrogens is 392 g/mol. The summed E-state index contributed by atoms with van der Waals surface area (Å²) in [5.74, 6) is 1.84. The largest absolute Gasteiger partial charge is 0.493 e. The highest BCUT2D eigenvalue weighted by atomic mass is 16.5. The standard InChI is InChI=1S/C25H28N2O4/c1-17(19-12-13-22(23(14-19)29-2)31-21-10-6-7-11-21)26-24(28)15-20-16-30-25(27-20)18-8-4-3-5-9-18/h3-5,8-9,12-14,16-17,21H,6-7,10-11,15H2,1-2H3,(H,26,28). The van der Waals surface area contributed by atoms with E-state index in [0.29, 0.717) is 17.3 Å². The number of hydrogen-bond donors (Lipinski definition) is 1. The smallest absolute Gasteiger partial charge is 0.226 e. The van der Waals surface area contributed by atoms with E-state index in [1.54, 1.807) is 7.11 Å². The lowest BCUT2D eigenvalue weighted by atomic mass is 10.1. The Morgan fingerprint density at radius 3 is 2.68 bits per heavy atom. The predicted molar refractivity (Wildman–Crippen MR) is 118 cm³/mol. The number of nitrogens with zero attached hydrogens (tertiary/aromatic N) is 1. The molecule has 6 nitrogen and oxygen atoms in total. The van der Waals surface area contributed by atoms with Crippen LogP contribution in [0.1, 0.15) is 49.9 Å². The van der Waals surface area contributed by atoms with Crippen molar-refractivity contribution in [3.63, 3.8) is 0 Å². The molecular formula is C25H28N2O4. The van der Waals surface area contributed by atoms with Gasteiger partial charge in [0.15, 0.2) is 11.5 Å². The number of methoxy groups -OCH3 is 1. The third-order valence-corrected chi connectivity index (χ3v) is 5.58. The number of oxazole rings is 1. The number of carbonyl (C=O) groups excluding carboxylic acids is 1. The van der Waals surface area contributed by atoms with Crippen LogP contribution in [0, 0.1) is 0 Å². The first kappa shape index (κ1) is 21.0. The zero-order valence-corrected chi connectivity index (χ0v) is 18.0. The second kappa shape index (κ2) is 9.69. The molecule has 162 valence electrons. The van der Waals surface area contributed by atoms with E-state index in [0.717, 1.165) is 29.7 Å². The fourth-order valence-corrected chi connectivity index (χ4v) is 3.88. The fourth-order valence-electron chi connectivity index (χ4n) is 3.88. The summed E-state index contributed by atoms with van der Waals surface area (Å²) in [6, 6.07) is 15.3. The summed E-state index contributed by atoms with van der Waals surface area (Å²) in [6.45, 7) is 1.95. The molecule has 0 radical (unpaired) electrons. The molecule has 1 fully saturated rings. The van der Waals surface area contributed by atoms with Crippen molar-refractivity contribution < 1.29 is 18.7 Å². The molecule has 1 aliphatic rings. The van der Waals surface area contributed by atoms with Crippen LogP contribution in [0.2, 0.25) is 0 Å². The van der Waals surface area contributed by atoms with Gasteiger partial charge < -0.3 is 19.2 Å². The maximum Gasteiger partial charge on any atom is 0.226 e. The summed E-state index contributed by atoms with van der Waals surface area (Å²) < 4.78 is 17.1. The van der Waals surface area contributed by atoms with E-state index in [4.69, 9.17) is 13.9 Å². The second-order valence-corrected chi connectivity index (χ2v) is 7.91. The molecule has 1 amide bonds. The van der Waals surface area contributed by atoms with E-state index >= 15 is 0 Å². The Hall–Kier alpha value is -3.28. The zero-order chi connectivity index (χ0) is 21.6. The van der Waals surface area contributed by atoms with Gasteiger partial charge in [-0.15, -0.1) is 0 Å². The van der Waals surface area contributed by atoms with Crippen molar-refractivity contribution in [1.29, 1.82) is 0 Å². The van der Waals surface area contributed by atoms with E-state index < -0.39 is 0 Å². The highest BCUT2D eigenvalue weighted by Crippen LogP contribution is 2.33. The predicted octanol–water partition coefficient (Wildman–Crippen LogP) is 5.09. The Morgan fingerprint density at radius 2 is 1.94 bits per heavy atom. The molecule has 0 bridgehead atoms. The van der Waals surface area contributed by atoms with Crippen LogP contribution >= 0.6 is 0 Å². The van der Waals surface area contributed by atoms with E-state index in [1.807, 2.05) is 55.5 Å². The average molecular weight is 421 g/mol. The van der Waals surface area contributed by atoms with E-state index in [2.05, 4.69) is 10.3 Å². The molecule has 0 aliphatic heterocycles. The lowest BCUT2D eigenvalue weighted by Crippen LogP contribution is -2.28. The molecule has 1 aromatic heterocycles. The molecule has 0 saturated heterocycles. The Labute approximate surface area is 182 Å². The minimum Gasteiger partial charge on any atom is -0.493 e. The van der Waals surface area contributed by atoms with Crippen LogP contribution in [-0.4, -0.2) is 24.1 Å². The molecule has 0 spiro atoms. The van der Waals surface area contributed by atoms with E-state index in [9.17, 15) is 4.79 Å². The van der Waals surface area contributed by atoms with Crippen molar-refractivity contribution in [1.82, 2.24) is 10.3 Å². The second-order valence-electron chi connectivity index (χ2n) is 7.91. The van der Waals surface area contributed by atoms with Crippen molar-refractivity contribution in [3.05, 3.63) is 66.1 Å². The lowest BCUT2D eigenvalue weighted by Gasteiger charge is -2.19. The van der Waals surface area contributed by atoms with Gasteiger partial charge in [-0.3, -0.25) is 4.79 Å². The molecule has 6 heteroatoms. The third kappa shape index (κ3) is 5.26. The molecule has 1 unspecified atom stereocenters. The lowest BCUT2D eigenvalue weighted by molar-refractivity contribution is -0.121. The normalized spacial score (nSPS) is 14.9. The molecule has 1 saturated carbocycles. The highest BCUT2D eigenvalue weighted by Gasteiger charge is 2.20. The number of amides is 1. The molecule has 3 aromatic rings. The van der Waals surface area contributed by atoms with Crippen LogP contribution in [0.15, 0.2) is 59.2 Å². The average Bonchev–Trinajstić information content (AvgIpc) is 3.47. The van der Waals surface area contributed by atoms with Crippen LogP contribution in [-0.2, 0) is 11.2 Å². The third-order valence-electron chi connectivity index (χ3n) is 5.58. The number of carbonyl (C=O) groups is 1. The number of rotatable bonds is 8. The van der Waals surface area contributed by atoms with Crippen LogP contribution in [0.5, 0.6) is 11.5 Å². The number of benzene rings is 2. The van der Waals surface area contributed by atoms with Crippen molar-refractivity contribution in [2.24, 2.45) is 0 Å². The molecule has 1 aliphatic carbocycles. The van der Waals surface area contributed by atoms with Crippen LogP contribution in [0.3, 0.4) is 0 Å². The molecule has 2 aromatic carbocycles. The number of ether oxygens (including phenoxy) is 2. The van der Waals surface area contributed by atoms with Gasteiger partial charge >= 0.3 is 0 Å². The summed E-state index contributed by atoms with van der Waals surface area (Å²) >= 11 is 0. The minimum atomic E-state index is -0.178. The maximum atomic E-state index is 12.5. The quantitative estimate of drug-likeness (QED) is 0.549. The first-order chi connectivity index (χ1) is 15.1. The van der Waals surface area contributed by atoms with Gasteiger partial charge in [0.2, 0.25) is 11.8 Å². The first-order valence-corrected chi connectivity index (χ1v) is 10.8. The van der Waals surface area contributed by atoms with Gasteiger partial charge in [0.25, 0.3) is 0 Å². The first-order valence-electron chi connectivity index (χ1n) is 10.8. The van der Waals surface area contributed by atoms with Crippen molar-refractivity contribution in [2.45, 2.75) is 51.2 Å². The van der Waals surface area contributed by atoms with Crippen molar-refractivity contribution in [3.8, 4) is 23.0 Å². The maximum absolute atomic E-state index is 12.5. The summed E-state index contributed by atoms with van der Waals surface area (Å²) in [5, 5.41) is 3.02. The Balaban J connectivity index is 1.36. The number of nitrogens with one attached hydrogen (secondary N) is 1. The minimum absolute atomic E-state index is 0.120. The van der Waals surface area contributed by atoms with Gasteiger partial charge in [-0.05, 0) is 62.4 Å². The molecule has 4 rings (SSSR count). The monoisotopic (exact) mass is 420 g/mol. The summed E-state index contributed by atoms with van der Waals surface area (Å²) in [6.07, 6.45) is 6.56. The van der Waals surface area contributed by atoms with Crippen LogP contribution in [0.4, 0.5) is 0 Å². The van der Waals surface area contributed by atoms with Gasteiger partial charge in [0.1, 0.15) is 6.26 Å². The van der Waals surface area contributed by atoms with E-state index in [1.165, 1.54) is 19.1 Å². The molecule has 1 N–H and O–H groups in total. The van der Waals surface area contributed by atoms with Crippen LogP contribution < -0.4 is 14.8 Å². The number of aromatic nitrogens is 1. The summed E-state index contributed by atoms with van der Waals surface area (Å²) in [5.41, 5.74) is 2.44. The fraction of sp³-hybridized carbons (Fsp3) is 0.360. The molecule has 31 heavy (non-hydrogen) atoms. The van der Waals surface area contributed by atoms with E-state index in [-0.39, 0.29) is 24.5 Å². The Morgan fingerprint density at radius 1 is 1.16 bits per heavy atom. The number of hydrogen-bond acceptors (Lipinski definition) is 5. The van der Waals surface area contributed by atoms with Gasteiger partial charge in [-0.25, -0.2) is 4.98 Å². The molecule has 1 atom stereocenters. The summed E-state index contributed by atoms with van der Waals surface area (Å²) in [7, 11) is 1.64. The van der Waals surface area contributed by atoms with Gasteiger partial charge in [0.05, 0.1) is 31.4 Å². The van der Waals surface area contributed by atoms with Gasteiger partial charge in [-0.2, -0.15) is 0 Å². The topological polar surface area (TPSA) is 73.6 Å². The van der Waals surface area contributed by atoms with Crippen molar-refractivity contribution >= 4 is 5.91 Å². The SMILES string of the molecule is COc1cc(C(C)NC(=O)Cc2coc(-c3ccccc3)n2)ccc1OC1CCCC1. The molecule has 1 heterocycles. The van der Waals surface area contributed by atoms with Crippen molar-refractivity contribution in [2.75, 3.05) is 7.11 Å². The van der Waals surface area contributed by atoms with Gasteiger partial charge in [-0.1, -0.05) is 24.3 Å². The Kier molecular flexibility index (Phi) is 6.55. The highest BCUT2D eigenvalue weighted by molar-refractivity contribution is 5.78.